The Kier molecular flexibility index (Phi) is 4.34. The second kappa shape index (κ2) is 6.68. The number of aromatic nitrogens is 1. The van der Waals surface area contributed by atoms with E-state index in [-0.39, 0.29) is 0 Å². The first-order valence-electron chi connectivity index (χ1n) is 8.18. The molecule has 0 fully saturated rings. The molecular formula is C19H15N3O3S2. The van der Waals surface area contributed by atoms with Gasteiger partial charge in [0.25, 0.3) is 0 Å². The highest BCUT2D eigenvalue weighted by atomic mass is 32.2. The van der Waals surface area contributed by atoms with Crippen LogP contribution in [0.4, 0.5) is 5.69 Å². The van der Waals surface area contributed by atoms with Crippen LogP contribution in [0.1, 0.15) is 16.3 Å². The fourth-order valence-corrected chi connectivity index (χ4v) is 4.82. The van der Waals surface area contributed by atoms with Crippen molar-refractivity contribution in [3.63, 3.8) is 0 Å². The maximum absolute atomic E-state index is 11.9. The molecule has 1 aliphatic rings. The van der Waals surface area contributed by atoms with Gasteiger partial charge in [-0.1, -0.05) is 6.07 Å². The van der Waals surface area contributed by atoms with Crippen LogP contribution in [0, 0.1) is 11.3 Å². The minimum absolute atomic E-state index is 0.436. The first kappa shape index (κ1) is 17.5. The van der Waals surface area contributed by atoms with Crippen molar-refractivity contribution in [2.24, 2.45) is 0 Å². The summed E-state index contributed by atoms with van der Waals surface area (Å²) in [6.07, 6.45) is 5.11. The van der Waals surface area contributed by atoms with Gasteiger partial charge in [-0.05, 0) is 36.2 Å². The van der Waals surface area contributed by atoms with E-state index in [2.05, 4.69) is 11.1 Å². The number of hydrogen-bond donors (Lipinski definition) is 0. The monoisotopic (exact) mass is 397 g/mol. The molecule has 0 N–H and O–H groups in total. The molecule has 0 atom stereocenters. The Balaban J connectivity index is 1.66. The van der Waals surface area contributed by atoms with Gasteiger partial charge >= 0.3 is 0 Å². The van der Waals surface area contributed by atoms with Crippen LogP contribution in [0.2, 0.25) is 0 Å². The molecule has 3 aromatic rings. The van der Waals surface area contributed by atoms with Crippen LogP contribution in [0.25, 0.3) is 22.9 Å². The average molecular weight is 397 g/mol. The predicted octanol–water partition coefficient (Wildman–Crippen LogP) is 3.79. The molecule has 0 bridgehead atoms. The fourth-order valence-electron chi connectivity index (χ4n) is 3.06. The highest BCUT2D eigenvalue weighted by Gasteiger charge is 2.26. The van der Waals surface area contributed by atoms with E-state index in [9.17, 15) is 13.7 Å². The highest BCUT2D eigenvalue weighted by molar-refractivity contribution is 7.92. The lowest BCUT2D eigenvalue weighted by atomic mass is 10.1. The Morgan fingerprint density at radius 1 is 1.41 bits per heavy atom. The smallest absolute Gasteiger partial charge is 0.232 e. The first-order valence-corrected chi connectivity index (χ1v) is 10.9. The number of anilines is 1. The van der Waals surface area contributed by atoms with Crippen molar-refractivity contribution < 1.29 is 12.8 Å². The summed E-state index contributed by atoms with van der Waals surface area (Å²) in [6.45, 7) is 0.463. The zero-order valence-electron chi connectivity index (χ0n) is 14.4. The lowest BCUT2D eigenvalue weighted by molar-refractivity contribution is 0.557. The van der Waals surface area contributed by atoms with Gasteiger partial charge in [0.15, 0.2) is 0 Å². The van der Waals surface area contributed by atoms with Crippen LogP contribution >= 0.6 is 11.3 Å². The van der Waals surface area contributed by atoms with Crippen LogP contribution in [0.5, 0.6) is 0 Å². The number of fused-ring (bicyclic) bond motifs is 1. The molecule has 2 aromatic heterocycles. The molecule has 0 amide bonds. The third-order valence-corrected chi connectivity index (χ3v) is 6.37. The zero-order chi connectivity index (χ0) is 19.0. The SMILES string of the molecule is CS(=O)(=O)N1CCc2cc(-c3csc(/C(C#N)=C/c4ccco4)n3)ccc21. The van der Waals surface area contributed by atoms with Crippen molar-refractivity contribution in [2.45, 2.75) is 6.42 Å². The highest BCUT2D eigenvalue weighted by Crippen LogP contribution is 2.34. The van der Waals surface area contributed by atoms with Crippen LogP contribution in [-0.4, -0.2) is 26.2 Å². The van der Waals surface area contributed by atoms with Gasteiger partial charge in [0.2, 0.25) is 10.0 Å². The Bertz CT molecular complexity index is 1170. The maximum atomic E-state index is 11.9. The normalized spacial score (nSPS) is 14.2. The van der Waals surface area contributed by atoms with Crippen molar-refractivity contribution in [1.82, 2.24) is 4.98 Å². The molecule has 0 unspecified atom stereocenters. The van der Waals surface area contributed by atoms with Gasteiger partial charge in [0, 0.05) is 23.6 Å². The van der Waals surface area contributed by atoms with Gasteiger partial charge in [-0.2, -0.15) is 5.26 Å². The summed E-state index contributed by atoms with van der Waals surface area (Å²) in [5.41, 5.74) is 3.81. The summed E-state index contributed by atoms with van der Waals surface area (Å²) in [4.78, 5) is 4.58. The Morgan fingerprint density at radius 2 is 2.26 bits per heavy atom. The molecule has 0 spiro atoms. The molecule has 1 aromatic carbocycles. The third kappa shape index (κ3) is 3.39. The summed E-state index contributed by atoms with van der Waals surface area (Å²) in [6, 6.07) is 11.4. The average Bonchev–Trinajstić information content (AvgIpc) is 3.37. The molecule has 27 heavy (non-hydrogen) atoms. The molecule has 6 nitrogen and oxygen atoms in total. The van der Waals surface area contributed by atoms with E-state index < -0.39 is 10.0 Å². The molecular weight excluding hydrogens is 382 g/mol. The Labute approximate surface area is 161 Å². The topological polar surface area (TPSA) is 87.2 Å². The number of sulfonamides is 1. The minimum Gasteiger partial charge on any atom is -0.465 e. The molecule has 0 aliphatic carbocycles. The van der Waals surface area contributed by atoms with Gasteiger partial charge in [0.05, 0.1) is 29.5 Å². The van der Waals surface area contributed by atoms with Crippen LogP contribution in [-0.2, 0) is 16.4 Å². The van der Waals surface area contributed by atoms with Gasteiger partial charge in [-0.3, -0.25) is 4.31 Å². The lowest BCUT2D eigenvalue weighted by Gasteiger charge is -2.16. The third-order valence-electron chi connectivity index (χ3n) is 4.31. The second-order valence-electron chi connectivity index (χ2n) is 6.15. The summed E-state index contributed by atoms with van der Waals surface area (Å²) in [5, 5.41) is 11.9. The molecule has 0 saturated carbocycles. The number of nitriles is 1. The van der Waals surface area contributed by atoms with E-state index in [1.54, 1.807) is 24.5 Å². The summed E-state index contributed by atoms with van der Waals surface area (Å²) < 4.78 is 30.4. The molecule has 0 radical (unpaired) electrons. The quantitative estimate of drug-likeness (QED) is 0.625. The van der Waals surface area contributed by atoms with E-state index >= 15 is 0 Å². The van der Waals surface area contributed by atoms with E-state index in [1.807, 2.05) is 23.6 Å². The second-order valence-corrected chi connectivity index (χ2v) is 8.92. The van der Waals surface area contributed by atoms with Gasteiger partial charge in [-0.15, -0.1) is 11.3 Å². The van der Waals surface area contributed by atoms with Crippen LogP contribution in [0.3, 0.4) is 0 Å². The number of nitrogens with zero attached hydrogens (tertiary/aromatic N) is 3. The van der Waals surface area contributed by atoms with Gasteiger partial charge in [-0.25, -0.2) is 13.4 Å². The number of benzene rings is 1. The van der Waals surface area contributed by atoms with E-state index in [1.165, 1.54) is 21.9 Å². The number of allylic oxidation sites excluding steroid dienone is 1. The van der Waals surface area contributed by atoms with Crippen molar-refractivity contribution in [3.05, 3.63) is 58.3 Å². The first-order chi connectivity index (χ1) is 13.0. The summed E-state index contributed by atoms with van der Waals surface area (Å²) in [5.74, 6) is 0.599. The van der Waals surface area contributed by atoms with Crippen molar-refractivity contribution in [1.29, 1.82) is 5.26 Å². The Hall–Kier alpha value is -2.89. The summed E-state index contributed by atoms with van der Waals surface area (Å²) in [7, 11) is -3.26. The number of rotatable bonds is 4. The van der Waals surface area contributed by atoms with Gasteiger partial charge < -0.3 is 4.42 Å². The van der Waals surface area contributed by atoms with Crippen molar-refractivity contribution >= 4 is 38.7 Å². The molecule has 1 aliphatic heterocycles. The van der Waals surface area contributed by atoms with Crippen LogP contribution in [0.15, 0.2) is 46.4 Å². The molecule has 3 heterocycles. The Morgan fingerprint density at radius 3 is 2.96 bits per heavy atom. The van der Waals surface area contributed by atoms with E-state index in [0.717, 1.165) is 22.5 Å². The fraction of sp³-hybridized carbons (Fsp3) is 0.158. The molecule has 8 heteroatoms. The number of furan rings is 1. The molecule has 4 rings (SSSR count). The number of hydrogen-bond acceptors (Lipinski definition) is 6. The van der Waals surface area contributed by atoms with E-state index in [0.29, 0.717) is 29.3 Å². The lowest BCUT2D eigenvalue weighted by Crippen LogP contribution is -2.27. The molecule has 136 valence electrons. The predicted molar refractivity (Wildman–Crippen MR) is 106 cm³/mol. The molecule has 0 saturated heterocycles. The zero-order valence-corrected chi connectivity index (χ0v) is 16.0. The van der Waals surface area contributed by atoms with Crippen molar-refractivity contribution in [2.75, 3.05) is 17.1 Å². The summed E-state index contributed by atoms with van der Waals surface area (Å²) >= 11 is 1.39. The van der Waals surface area contributed by atoms with Crippen LogP contribution < -0.4 is 4.31 Å². The standard InChI is InChI=1S/C19H15N3O3S2/c1-27(23,24)22-7-6-14-9-13(4-5-18(14)22)17-12-26-19(21-17)15(11-20)10-16-3-2-8-25-16/h2-5,8-10,12H,6-7H2,1H3/b15-10+. The number of thiazole rings is 1. The van der Waals surface area contributed by atoms with Gasteiger partial charge in [0.1, 0.15) is 16.8 Å². The minimum atomic E-state index is -3.26. The largest absolute Gasteiger partial charge is 0.465 e. The van der Waals surface area contributed by atoms with E-state index in [4.69, 9.17) is 4.42 Å². The van der Waals surface area contributed by atoms with Crippen molar-refractivity contribution in [3.8, 4) is 17.3 Å². The maximum Gasteiger partial charge on any atom is 0.232 e.